The quantitative estimate of drug-likeness (QED) is 0.838. The fourth-order valence-corrected chi connectivity index (χ4v) is 3.52. The second kappa shape index (κ2) is 5.02. The lowest BCUT2D eigenvalue weighted by molar-refractivity contribution is -0.120. The lowest BCUT2D eigenvalue weighted by Gasteiger charge is -2.19. The monoisotopic (exact) mass is 285 g/mol. The molecule has 110 valence electrons. The summed E-state index contributed by atoms with van der Waals surface area (Å²) in [6, 6.07) is 3.37. The number of benzene rings is 1. The van der Waals surface area contributed by atoms with Crippen molar-refractivity contribution in [2.75, 3.05) is 5.32 Å². The molecule has 0 aliphatic heterocycles. The minimum atomic E-state index is -0.967. The topological polar surface area (TPSA) is 66.4 Å². The maximum absolute atomic E-state index is 12.4. The third kappa shape index (κ3) is 2.46. The normalized spacial score (nSPS) is 26.1. The highest BCUT2D eigenvalue weighted by molar-refractivity contribution is 5.97. The van der Waals surface area contributed by atoms with Gasteiger partial charge in [-0.05, 0) is 55.7 Å². The van der Waals surface area contributed by atoms with Gasteiger partial charge < -0.3 is 10.4 Å². The second-order valence-corrected chi connectivity index (χ2v) is 6.16. The summed E-state index contributed by atoms with van der Waals surface area (Å²) in [5.41, 5.74) is 2.45. The van der Waals surface area contributed by atoms with Crippen LogP contribution in [0.2, 0.25) is 0 Å². The highest BCUT2D eigenvalue weighted by atomic mass is 16.4. The van der Waals surface area contributed by atoms with Crippen LogP contribution >= 0.6 is 0 Å². The predicted octanol–water partition coefficient (Wildman–Crippen LogP) is 3.15. The Kier molecular flexibility index (Phi) is 3.32. The van der Waals surface area contributed by atoms with Crippen molar-refractivity contribution in [2.24, 2.45) is 17.8 Å². The molecule has 1 aromatic carbocycles. The highest BCUT2D eigenvalue weighted by Gasteiger charge is 2.39. The molecule has 3 atom stereocenters. The summed E-state index contributed by atoms with van der Waals surface area (Å²) in [6.45, 7) is 3.65. The first-order chi connectivity index (χ1) is 9.95. The van der Waals surface area contributed by atoms with Gasteiger partial charge in [0.25, 0.3) is 0 Å². The van der Waals surface area contributed by atoms with Crippen LogP contribution in [0.5, 0.6) is 0 Å². The first kappa shape index (κ1) is 13.9. The van der Waals surface area contributed by atoms with Crippen LogP contribution in [0.15, 0.2) is 24.3 Å². The summed E-state index contributed by atoms with van der Waals surface area (Å²) in [7, 11) is 0. The zero-order valence-corrected chi connectivity index (χ0v) is 12.2. The maximum Gasteiger partial charge on any atom is 0.336 e. The van der Waals surface area contributed by atoms with Gasteiger partial charge in [-0.2, -0.15) is 0 Å². The second-order valence-electron chi connectivity index (χ2n) is 6.16. The number of carboxylic acids is 1. The van der Waals surface area contributed by atoms with Gasteiger partial charge in [0.1, 0.15) is 0 Å². The molecule has 3 rings (SSSR count). The molecule has 2 aliphatic carbocycles. The van der Waals surface area contributed by atoms with Crippen LogP contribution < -0.4 is 5.32 Å². The van der Waals surface area contributed by atoms with Gasteiger partial charge >= 0.3 is 5.97 Å². The van der Waals surface area contributed by atoms with Crippen molar-refractivity contribution in [1.82, 2.24) is 0 Å². The molecule has 0 heterocycles. The van der Waals surface area contributed by atoms with Crippen molar-refractivity contribution < 1.29 is 14.7 Å². The maximum atomic E-state index is 12.4. The van der Waals surface area contributed by atoms with Crippen LogP contribution in [0.4, 0.5) is 5.69 Å². The number of aromatic carboxylic acids is 1. The summed E-state index contributed by atoms with van der Waals surface area (Å²) in [6.07, 6.45) is 6.33. The molecule has 0 aromatic heterocycles. The van der Waals surface area contributed by atoms with Crippen LogP contribution in [0, 0.1) is 31.6 Å². The Hall–Kier alpha value is -2.10. The van der Waals surface area contributed by atoms with E-state index in [-0.39, 0.29) is 17.4 Å². The number of amides is 1. The van der Waals surface area contributed by atoms with Gasteiger partial charge in [-0.1, -0.05) is 18.2 Å². The van der Waals surface area contributed by atoms with Crippen LogP contribution in [-0.2, 0) is 4.79 Å². The molecule has 3 unspecified atom stereocenters. The molecule has 0 saturated heterocycles. The first-order valence-corrected chi connectivity index (χ1v) is 7.29. The minimum absolute atomic E-state index is 0.00939. The Labute approximate surface area is 123 Å². The summed E-state index contributed by atoms with van der Waals surface area (Å²) >= 11 is 0. The Morgan fingerprint density at radius 2 is 1.90 bits per heavy atom. The number of carbonyl (C=O) groups is 2. The van der Waals surface area contributed by atoms with Crippen molar-refractivity contribution in [3.05, 3.63) is 41.0 Å². The summed E-state index contributed by atoms with van der Waals surface area (Å²) in [5, 5.41) is 12.1. The van der Waals surface area contributed by atoms with Crippen molar-refractivity contribution >= 4 is 17.6 Å². The van der Waals surface area contributed by atoms with E-state index in [1.54, 1.807) is 19.1 Å². The fraction of sp³-hybridized carbons (Fsp3) is 0.412. The largest absolute Gasteiger partial charge is 0.478 e. The van der Waals surface area contributed by atoms with E-state index in [1.807, 2.05) is 6.92 Å². The number of hydrogen-bond acceptors (Lipinski definition) is 2. The number of nitrogens with one attached hydrogen (secondary N) is 1. The van der Waals surface area contributed by atoms with E-state index >= 15 is 0 Å². The van der Waals surface area contributed by atoms with Gasteiger partial charge in [0.05, 0.1) is 5.56 Å². The van der Waals surface area contributed by atoms with Crippen LogP contribution in [0.3, 0.4) is 0 Å². The van der Waals surface area contributed by atoms with Gasteiger partial charge in [0, 0.05) is 11.6 Å². The summed E-state index contributed by atoms with van der Waals surface area (Å²) in [4.78, 5) is 23.6. The number of carboxylic acid groups (broad SMARTS) is 1. The molecule has 0 radical (unpaired) electrons. The van der Waals surface area contributed by atoms with E-state index in [9.17, 15) is 14.7 Å². The molecule has 2 aliphatic rings. The average molecular weight is 285 g/mol. The lowest BCUT2D eigenvalue weighted by Crippen LogP contribution is -2.26. The zero-order valence-electron chi connectivity index (χ0n) is 12.2. The Morgan fingerprint density at radius 1 is 1.14 bits per heavy atom. The minimum Gasteiger partial charge on any atom is -0.478 e. The molecular formula is C17H19NO3. The molecule has 1 aromatic rings. The third-order valence-corrected chi connectivity index (χ3v) is 4.68. The molecule has 2 bridgehead atoms. The molecule has 2 N–H and O–H groups in total. The molecule has 1 amide bonds. The lowest BCUT2D eigenvalue weighted by atomic mass is 9.92. The van der Waals surface area contributed by atoms with Crippen LogP contribution in [-0.4, -0.2) is 17.0 Å². The van der Waals surface area contributed by atoms with Gasteiger partial charge in [-0.3, -0.25) is 4.79 Å². The number of fused-ring (bicyclic) bond motifs is 2. The zero-order chi connectivity index (χ0) is 15.1. The Balaban J connectivity index is 1.81. The van der Waals surface area contributed by atoms with E-state index in [1.165, 1.54) is 0 Å². The Morgan fingerprint density at radius 3 is 2.48 bits per heavy atom. The van der Waals surface area contributed by atoms with E-state index < -0.39 is 5.97 Å². The van der Waals surface area contributed by atoms with Crippen molar-refractivity contribution in [1.29, 1.82) is 0 Å². The molecular weight excluding hydrogens is 266 g/mol. The average Bonchev–Trinajstić information content (AvgIpc) is 3.03. The third-order valence-electron chi connectivity index (χ3n) is 4.68. The number of hydrogen-bond donors (Lipinski definition) is 2. The number of carbonyl (C=O) groups excluding carboxylic acids is 1. The van der Waals surface area contributed by atoms with E-state index in [0.29, 0.717) is 23.1 Å². The number of aryl methyl sites for hydroxylation is 2. The van der Waals surface area contributed by atoms with E-state index in [0.717, 1.165) is 18.4 Å². The van der Waals surface area contributed by atoms with Crippen molar-refractivity contribution in [3.63, 3.8) is 0 Å². The van der Waals surface area contributed by atoms with Gasteiger partial charge in [-0.15, -0.1) is 0 Å². The van der Waals surface area contributed by atoms with E-state index in [2.05, 4.69) is 17.5 Å². The van der Waals surface area contributed by atoms with Crippen LogP contribution in [0.25, 0.3) is 0 Å². The number of allylic oxidation sites excluding steroid dienone is 2. The van der Waals surface area contributed by atoms with Crippen LogP contribution in [0.1, 0.15) is 34.3 Å². The van der Waals surface area contributed by atoms with E-state index in [4.69, 9.17) is 0 Å². The van der Waals surface area contributed by atoms with Gasteiger partial charge in [-0.25, -0.2) is 4.79 Å². The number of anilines is 1. The molecule has 1 saturated carbocycles. The molecule has 21 heavy (non-hydrogen) atoms. The highest BCUT2D eigenvalue weighted by Crippen LogP contribution is 2.43. The van der Waals surface area contributed by atoms with Gasteiger partial charge in [0.15, 0.2) is 0 Å². The predicted molar refractivity (Wildman–Crippen MR) is 80.3 cm³/mol. The van der Waals surface area contributed by atoms with Crippen molar-refractivity contribution in [2.45, 2.75) is 26.7 Å². The smallest absolute Gasteiger partial charge is 0.336 e. The first-order valence-electron chi connectivity index (χ1n) is 7.29. The van der Waals surface area contributed by atoms with Gasteiger partial charge in [0.2, 0.25) is 5.91 Å². The van der Waals surface area contributed by atoms with Crippen molar-refractivity contribution in [3.8, 4) is 0 Å². The molecule has 1 fully saturated rings. The SMILES string of the molecule is Cc1cc(C)c(C(=O)O)cc1NC(=O)C1CC2C=CC1C2. The standard InChI is InChI=1S/C17H19NO3/c1-9-5-10(2)15(8-13(9)17(20)21)18-16(19)14-7-11-3-4-12(14)6-11/h3-5,8,11-12,14H,6-7H2,1-2H3,(H,18,19)(H,20,21). The molecule has 4 heteroatoms. The Bertz CT molecular complexity index is 648. The fourth-order valence-electron chi connectivity index (χ4n) is 3.52. The summed E-state index contributed by atoms with van der Waals surface area (Å²) < 4.78 is 0. The molecule has 4 nitrogen and oxygen atoms in total. The summed E-state index contributed by atoms with van der Waals surface area (Å²) in [5.74, 6) is -0.0471. The molecule has 0 spiro atoms. The number of rotatable bonds is 3.